The molecule has 1 saturated carbocycles. The van der Waals surface area contributed by atoms with Crippen molar-refractivity contribution in [2.75, 3.05) is 10.6 Å². The number of amides is 2. The fraction of sp³-hybridized carbons (Fsp3) is 0.200. The summed E-state index contributed by atoms with van der Waals surface area (Å²) in [6.07, 6.45) is -1.12. The zero-order valence-electron chi connectivity index (χ0n) is 19.0. The summed E-state index contributed by atoms with van der Waals surface area (Å²) in [6.45, 7) is 0.292. The standard InChI is InChI=1S/C25H19ClF3N5O2S/c26-18-8-1-13(12-31-23(35)14-2-3-14)11-17(18)24(36)33-19-9-10-30-20-21(19)37-34-22(20)32-16-6-4-15(5-7-16)25(27,28)29/h1,4-11,14H,2-3,12H2,(H,31,35)(H,32,34)(H,30,33,36). The zero-order valence-corrected chi connectivity index (χ0v) is 20.6. The quantitative estimate of drug-likeness (QED) is 0.250. The van der Waals surface area contributed by atoms with E-state index in [4.69, 9.17) is 11.6 Å². The van der Waals surface area contributed by atoms with Crippen molar-refractivity contribution < 1.29 is 22.8 Å². The monoisotopic (exact) mass is 545 g/mol. The van der Waals surface area contributed by atoms with Crippen LogP contribution < -0.4 is 16.0 Å². The Morgan fingerprint density at radius 3 is 2.54 bits per heavy atom. The molecule has 3 N–H and O–H groups in total. The molecule has 190 valence electrons. The van der Waals surface area contributed by atoms with Gasteiger partial charge in [-0.2, -0.15) is 17.5 Å². The molecule has 0 atom stereocenters. The van der Waals surface area contributed by atoms with Gasteiger partial charge >= 0.3 is 6.18 Å². The van der Waals surface area contributed by atoms with Crippen LogP contribution in [-0.2, 0) is 17.5 Å². The van der Waals surface area contributed by atoms with Crippen molar-refractivity contribution in [3.05, 3.63) is 76.4 Å². The molecule has 1 aliphatic carbocycles. The molecule has 0 spiro atoms. The summed E-state index contributed by atoms with van der Waals surface area (Å²) < 4.78 is 43.4. The van der Waals surface area contributed by atoms with E-state index < -0.39 is 17.6 Å². The second kappa shape index (κ2) is 9.98. The molecule has 5 rings (SSSR count). The van der Waals surface area contributed by atoms with E-state index in [-0.39, 0.29) is 22.4 Å². The number of anilines is 3. The van der Waals surface area contributed by atoms with E-state index in [0.29, 0.717) is 34.0 Å². The lowest BCUT2D eigenvalue weighted by molar-refractivity contribution is -0.137. The molecule has 1 aliphatic rings. The summed E-state index contributed by atoms with van der Waals surface area (Å²) in [7, 11) is 0. The summed E-state index contributed by atoms with van der Waals surface area (Å²) in [5.74, 6) is -0.00551. The van der Waals surface area contributed by atoms with Gasteiger partial charge in [-0.25, -0.2) is 0 Å². The Balaban J connectivity index is 1.32. The Morgan fingerprint density at radius 2 is 1.84 bits per heavy atom. The van der Waals surface area contributed by atoms with E-state index in [1.165, 1.54) is 18.3 Å². The molecule has 0 radical (unpaired) electrons. The first kappa shape index (κ1) is 25.0. The third kappa shape index (κ3) is 5.67. The summed E-state index contributed by atoms with van der Waals surface area (Å²) in [6, 6.07) is 11.2. The van der Waals surface area contributed by atoms with E-state index in [1.54, 1.807) is 24.3 Å². The minimum absolute atomic E-state index is 0.00559. The fourth-order valence-corrected chi connectivity index (χ4v) is 4.60. The average Bonchev–Trinajstić information content (AvgIpc) is 3.65. The molecular formula is C25H19ClF3N5O2S. The van der Waals surface area contributed by atoms with Crippen molar-refractivity contribution in [1.82, 2.24) is 14.7 Å². The van der Waals surface area contributed by atoms with E-state index in [2.05, 4.69) is 25.3 Å². The number of fused-ring (bicyclic) bond motifs is 1. The number of alkyl halides is 3. The maximum Gasteiger partial charge on any atom is 0.416 e. The van der Waals surface area contributed by atoms with Gasteiger partial charge in [0.1, 0.15) is 5.52 Å². The van der Waals surface area contributed by atoms with Crippen LogP contribution in [0.5, 0.6) is 0 Å². The maximum atomic E-state index is 13.1. The minimum Gasteiger partial charge on any atom is -0.352 e. The Labute approximate surface area is 218 Å². The van der Waals surface area contributed by atoms with Gasteiger partial charge in [0.25, 0.3) is 5.91 Å². The molecule has 0 aliphatic heterocycles. The molecular weight excluding hydrogens is 527 g/mol. The zero-order chi connectivity index (χ0) is 26.2. The van der Waals surface area contributed by atoms with Crippen LogP contribution in [0.15, 0.2) is 54.7 Å². The number of pyridine rings is 1. The second-order valence-corrected chi connectivity index (χ2v) is 9.71. The Bertz CT molecular complexity index is 1490. The van der Waals surface area contributed by atoms with Gasteiger partial charge < -0.3 is 16.0 Å². The van der Waals surface area contributed by atoms with Crippen LogP contribution in [0, 0.1) is 5.92 Å². The molecule has 2 amide bonds. The number of carbonyl (C=O) groups excluding carboxylic acids is 2. The lowest BCUT2D eigenvalue weighted by Gasteiger charge is -2.10. The predicted molar refractivity (Wildman–Crippen MR) is 136 cm³/mol. The number of nitrogens with one attached hydrogen (secondary N) is 3. The molecule has 2 aromatic heterocycles. The molecule has 2 aromatic carbocycles. The largest absolute Gasteiger partial charge is 0.416 e. The Kier molecular flexibility index (Phi) is 6.74. The molecule has 4 aromatic rings. The van der Waals surface area contributed by atoms with Crippen molar-refractivity contribution in [3.8, 4) is 0 Å². The SMILES string of the molecule is O=C(Nc1ccnc2c(Nc3ccc(C(F)(F)F)cc3)nsc12)c1cc(CNC(=O)C2CC2)ccc1Cl. The van der Waals surface area contributed by atoms with E-state index >= 15 is 0 Å². The average molecular weight is 546 g/mol. The number of rotatable bonds is 7. The second-order valence-electron chi connectivity index (χ2n) is 8.53. The third-order valence-corrected chi connectivity index (χ3v) is 6.97. The molecule has 37 heavy (non-hydrogen) atoms. The molecule has 0 saturated heterocycles. The van der Waals surface area contributed by atoms with E-state index in [1.807, 2.05) is 0 Å². The van der Waals surface area contributed by atoms with Crippen molar-refractivity contribution in [2.45, 2.75) is 25.6 Å². The van der Waals surface area contributed by atoms with Crippen LogP contribution in [-0.4, -0.2) is 21.2 Å². The first-order valence-corrected chi connectivity index (χ1v) is 12.4. The van der Waals surface area contributed by atoms with Gasteiger partial charge in [-0.05, 0) is 72.4 Å². The highest BCUT2D eigenvalue weighted by atomic mass is 35.5. The number of aromatic nitrogens is 2. The number of hydrogen-bond donors (Lipinski definition) is 3. The van der Waals surface area contributed by atoms with E-state index in [0.717, 1.165) is 42.1 Å². The lowest BCUT2D eigenvalue weighted by Crippen LogP contribution is -2.24. The highest BCUT2D eigenvalue weighted by molar-refractivity contribution is 7.14. The molecule has 12 heteroatoms. The van der Waals surface area contributed by atoms with E-state index in [9.17, 15) is 22.8 Å². The number of halogens is 4. The summed E-state index contributed by atoms with van der Waals surface area (Å²) in [4.78, 5) is 29.3. The third-order valence-electron chi connectivity index (χ3n) is 5.77. The van der Waals surface area contributed by atoms with Gasteiger partial charge in [0.05, 0.1) is 26.5 Å². The fourth-order valence-electron chi connectivity index (χ4n) is 3.63. The predicted octanol–water partition coefficient (Wildman–Crippen LogP) is 6.39. The summed E-state index contributed by atoms with van der Waals surface area (Å²) >= 11 is 7.36. The molecule has 0 bridgehead atoms. The smallest absolute Gasteiger partial charge is 0.352 e. The van der Waals surface area contributed by atoms with Gasteiger partial charge in [0.2, 0.25) is 5.91 Å². The van der Waals surface area contributed by atoms with Crippen molar-refractivity contribution in [1.29, 1.82) is 0 Å². The summed E-state index contributed by atoms with van der Waals surface area (Å²) in [5.41, 5.74) is 1.55. The highest BCUT2D eigenvalue weighted by Gasteiger charge is 2.30. The molecule has 7 nitrogen and oxygen atoms in total. The first-order valence-electron chi connectivity index (χ1n) is 11.2. The molecule has 0 unspecified atom stereocenters. The van der Waals surface area contributed by atoms with Gasteiger partial charge in [0.15, 0.2) is 5.82 Å². The molecule has 1 fully saturated rings. The van der Waals surface area contributed by atoms with Gasteiger partial charge in [-0.1, -0.05) is 17.7 Å². The van der Waals surface area contributed by atoms with Crippen LogP contribution in [0.1, 0.15) is 34.3 Å². The van der Waals surface area contributed by atoms with Crippen LogP contribution >= 0.6 is 23.1 Å². The van der Waals surface area contributed by atoms with Crippen molar-refractivity contribution in [2.24, 2.45) is 5.92 Å². The van der Waals surface area contributed by atoms with Crippen LogP contribution in [0.4, 0.5) is 30.4 Å². The van der Waals surface area contributed by atoms with Gasteiger partial charge in [-0.15, -0.1) is 0 Å². The molecule has 2 heterocycles. The van der Waals surface area contributed by atoms with Gasteiger partial charge in [0, 0.05) is 24.3 Å². The Morgan fingerprint density at radius 1 is 1.08 bits per heavy atom. The maximum absolute atomic E-state index is 13.1. The summed E-state index contributed by atoms with van der Waals surface area (Å²) in [5, 5.41) is 8.92. The van der Waals surface area contributed by atoms with Crippen LogP contribution in [0.25, 0.3) is 10.2 Å². The van der Waals surface area contributed by atoms with Crippen molar-refractivity contribution >= 4 is 62.4 Å². The van der Waals surface area contributed by atoms with Crippen molar-refractivity contribution in [3.63, 3.8) is 0 Å². The lowest BCUT2D eigenvalue weighted by atomic mass is 10.1. The topological polar surface area (TPSA) is 96.0 Å². The number of hydrogen-bond acceptors (Lipinski definition) is 6. The normalized spacial score (nSPS) is 13.4. The number of carbonyl (C=O) groups is 2. The Hall–Kier alpha value is -3.70. The van der Waals surface area contributed by atoms with Crippen LogP contribution in [0.3, 0.4) is 0 Å². The number of nitrogens with zero attached hydrogens (tertiary/aromatic N) is 2. The van der Waals surface area contributed by atoms with Crippen LogP contribution in [0.2, 0.25) is 5.02 Å². The first-order chi connectivity index (χ1) is 17.7. The highest BCUT2D eigenvalue weighted by Crippen LogP contribution is 2.34. The number of benzene rings is 2. The van der Waals surface area contributed by atoms with Gasteiger partial charge in [-0.3, -0.25) is 14.6 Å². The minimum atomic E-state index is -4.42.